The van der Waals surface area contributed by atoms with Crippen LogP contribution in [0.4, 0.5) is 0 Å². The molecule has 2 aromatic carbocycles. The Labute approximate surface area is 175 Å². The zero-order chi connectivity index (χ0) is 20.6. The molecular formula is C28H31N. The van der Waals surface area contributed by atoms with Crippen molar-refractivity contribution in [1.82, 2.24) is 4.98 Å². The molecule has 148 valence electrons. The molecule has 0 radical (unpaired) electrons. The summed E-state index contributed by atoms with van der Waals surface area (Å²) in [4.78, 5) is 4.76. The van der Waals surface area contributed by atoms with Crippen LogP contribution in [0.5, 0.6) is 0 Å². The Balaban J connectivity index is 0.00000117. The Bertz CT molecular complexity index is 1040. The minimum absolute atomic E-state index is 0.448. The van der Waals surface area contributed by atoms with E-state index in [0.29, 0.717) is 5.92 Å². The predicted octanol–water partition coefficient (Wildman–Crippen LogP) is 8.16. The maximum Gasteiger partial charge on any atom is 0.0743 e. The molecule has 1 heteroatoms. The number of fused-ring (bicyclic) bond motifs is 1. The van der Waals surface area contributed by atoms with Gasteiger partial charge in [0, 0.05) is 17.5 Å². The second kappa shape index (κ2) is 10.0. The maximum atomic E-state index is 4.76. The van der Waals surface area contributed by atoms with Gasteiger partial charge in [-0.3, -0.25) is 4.98 Å². The summed E-state index contributed by atoms with van der Waals surface area (Å²) in [5.41, 5.74) is 7.61. The topological polar surface area (TPSA) is 12.9 Å². The summed E-state index contributed by atoms with van der Waals surface area (Å²) in [5.74, 6) is 0.448. The Kier molecular flexibility index (Phi) is 7.19. The van der Waals surface area contributed by atoms with Crippen LogP contribution in [0.25, 0.3) is 27.6 Å². The van der Waals surface area contributed by atoms with Gasteiger partial charge >= 0.3 is 0 Å². The fourth-order valence-electron chi connectivity index (χ4n) is 4.03. The molecule has 1 aliphatic rings. The van der Waals surface area contributed by atoms with E-state index in [4.69, 9.17) is 4.98 Å². The van der Waals surface area contributed by atoms with Crippen LogP contribution in [0.15, 0.2) is 85.1 Å². The van der Waals surface area contributed by atoms with Gasteiger partial charge in [-0.15, -0.1) is 0 Å². The molecule has 1 aromatic heterocycles. The van der Waals surface area contributed by atoms with Crippen LogP contribution in [0.1, 0.15) is 44.7 Å². The fraction of sp³-hybridized carbons (Fsp3) is 0.250. The Morgan fingerprint density at radius 2 is 1.83 bits per heavy atom. The zero-order valence-corrected chi connectivity index (χ0v) is 18.0. The molecule has 29 heavy (non-hydrogen) atoms. The largest absolute Gasteiger partial charge is 0.256 e. The van der Waals surface area contributed by atoms with Gasteiger partial charge in [0.25, 0.3) is 0 Å². The van der Waals surface area contributed by atoms with E-state index < -0.39 is 0 Å². The highest BCUT2D eigenvalue weighted by Crippen LogP contribution is 2.36. The number of allylic oxidation sites excluding steroid dienone is 6. The Hall–Kier alpha value is -2.93. The predicted molar refractivity (Wildman–Crippen MR) is 128 cm³/mol. The van der Waals surface area contributed by atoms with E-state index in [0.717, 1.165) is 18.4 Å². The van der Waals surface area contributed by atoms with Gasteiger partial charge in [0.1, 0.15) is 0 Å². The van der Waals surface area contributed by atoms with E-state index in [1.807, 2.05) is 20.0 Å². The first kappa shape index (κ1) is 20.8. The highest BCUT2D eigenvalue weighted by atomic mass is 14.7. The SMILES string of the molecule is CC.CC/C=C(\c1ccc2c(-c3ccccc3)ccnc2c1C)C1C=CC=CC1. The monoisotopic (exact) mass is 381 g/mol. The molecule has 0 amide bonds. The van der Waals surface area contributed by atoms with Crippen molar-refractivity contribution in [3.8, 4) is 11.1 Å². The van der Waals surface area contributed by atoms with Gasteiger partial charge in [-0.1, -0.05) is 93.6 Å². The van der Waals surface area contributed by atoms with E-state index in [2.05, 4.69) is 92.8 Å². The van der Waals surface area contributed by atoms with Gasteiger partial charge < -0.3 is 0 Å². The molecular weight excluding hydrogens is 350 g/mol. The van der Waals surface area contributed by atoms with E-state index in [1.54, 1.807) is 0 Å². The second-order valence-electron chi connectivity index (χ2n) is 7.08. The molecule has 1 heterocycles. The first-order chi connectivity index (χ1) is 14.3. The van der Waals surface area contributed by atoms with E-state index in [-0.39, 0.29) is 0 Å². The van der Waals surface area contributed by atoms with Crippen LogP contribution in [-0.4, -0.2) is 4.98 Å². The summed E-state index contributed by atoms with van der Waals surface area (Å²) < 4.78 is 0. The highest BCUT2D eigenvalue weighted by molar-refractivity contribution is 5.98. The highest BCUT2D eigenvalue weighted by Gasteiger charge is 2.17. The molecule has 0 saturated heterocycles. The van der Waals surface area contributed by atoms with Crippen molar-refractivity contribution in [2.24, 2.45) is 5.92 Å². The molecule has 1 aliphatic carbocycles. The number of benzene rings is 2. The number of hydrogen-bond acceptors (Lipinski definition) is 1. The standard InChI is InChI=1S/C26H25N.C2H6/c1-3-10-23(20-11-6-4-7-12-20)22-15-16-25-24(21-13-8-5-9-14-21)17-18-27-26(25)19(22)2;1-2/h4-11,13-18,20H,3,12H2,1-2H3;1-2H3/b23-10-;. The normalized spacial score (nSPS) is 15.9. The summed E-state index contributed by atoms with van der Waals surface area (Å²) in [6, 6.07) is 17.2. The van der Waals surface area contributed by atoms with Crippen molar-refractivity contribution in [2.45, 2.75) is 40.5 Å². The zero-order valence-electron chi connectivity index (χ0n) is 18.0. The van der Waals surface area contributed by atoms with Crippen molar-refractivity contribution in [3.05, 3.63) is 96.2 Å². The number of nitrogens with zero attached hydrogens (tertiary/aromatic N) is 1. The molecule has 1 atom stereocenters. The van der Waals surface area contributed by atoms with Crippen molar-refractivity contribution < 1.29 is 0 Å². The maximum absolute atomic E-state index is 4.76. The lowest BCUT2D eigenvalue weighted by Gasteiger charge is -2.21. The molecule has 0 N–H and O–H groups in total. The lowest BCUT2D eigenvalue weighted by molar-refractivity contribution is 0.838. The summed E-state index contributed by atoms with van der Waals surface area (Å²) in [6.45, 7) is 8.43. The van der Waals surface area contributed by atoms with Gasteiger partial charge in [-0.05, 0) is 53.7 Å². The van der Waals surface area contributed by atoms with E-state index in [9.17, 15) is 0 Å². The van der Waals surface area contributed by atoms with Crippen LogP contribution in [0, 0.1) is 12.8 Å². The number of rotatable bonds is 4. The Morgan fingerprint density at radius 3 is 2.52 bits per heavy atom. The molecule has 1 nitrogen and oxygen atoms in total. The first-order valence-corrected chi connectivity index (χ1v) is 10.8. The lowest BCUT2D eigenvalue weighted by atomic mass is 9.84. The summed E-state index contributed by atoms with van der Waals surface area (Å²) >= 11 is 0. The third kappa shape index (κ3) is 4.40. The van der Waals surface area contributed by atoms with Gasteiger partial charge in [-0.2, -0.15) is 0 Å². The number of pyridine rings is 1. The number of hydrogen-bond donors (Lipinski definition) is 0. The first-order valence-electron chi connectivity index (χ1n) is 10.8. The average Bonchev–Trinajstić information content (AvgIpc) is 2.80. The summed E-state index contributed by atoms with van der Waals surface area (Å²) in [5, 5.41) is 1.22. The van der Waals surface area contributed by atoms with Crippen LogP contribution < -0.4 is 0 Å². The summed E-state index contributed by atoms with van der Waals surface area (Å²) in [7, 11) is 0. The molecule has 3 aromatic rings. The molecule has 0 aliphatic heterocycles. The number of aryl methyl sites for hydroxylation is 1. The quantitative estimate of drug-likeness (QED) is 0.444. The number of aromatic nitrogens is 1. The van der Waals surface area contributed by atoms with Crippen LogP contribution >= 0.6 is 0 Å². The second-order valence-corrected chi connectivity index (χ2v) is 7.08. The molecule has 0 spiro atoms. The van der Waals surface area contributed by atoms with Gasteiger partial charge in [0.15, 0.2) is 0 Å². The minimum atomic E-state index is 0.448. The summed E-state index contributed by atoms with van der Waals surface area (Å²) in [6.07, 6.45) is 15.3. The van der Waals surface area contributed by atoms with Gasteiger partial charge in [0.05, 0.1) is 5.52 Å². The van der Waals surface area contributed by atoms with Crippen LogP contribution in [-0.2, 0) is 0 Å². The molecule has 4 rings (SSSR count). The Morgan fingerprint density at radius 1 is 1.03 bits per heavy atom. The van der Waals surface area contributed by atoms with E-state index in [1.165, 1.54) is 33.2 Å². The lowest BCUT2D eigenvalue weighted by Crippen LogP contribution is -2.04. The third-order valence-corrected chi connectivity index (χ3v) is 5.37. The minimum Gasteiger partial charge on any atom is -0.256 e. The molecule has 1 unspecified atom stereocenters. The van der Waals surface area contributed by atoms with Crippen LogP contribution in [0.3, 0.4) is 0 Å². The van der Waals surface area contributed by atoms with Crippen molar-refractivity contribution in [1.29, 1.82) is 0 Å². The van der Waals surface area contributed by atoms with E-state index >= 15 is 0 Å². The third-order valence-electron chi connectivity index (χ3n) is 5.37. The van der Waals surface area contributed by atoms with Crippen LogP contribution in [0.2, 0.25) is 0 Å². The van der Waals surface area contributed by atoms with Gasteiger partial charge in [-0.25, -0.2) is 0 Å². The van der Waals surface area contributed by atoms with Crippen molar-refractivity contribution in [2.75, 3.05) is 0 Å². The molecule has 0 saturated carbocycles. The average molecular weight is 382 g/mol. The molecule has 0 bridgehead atoms. The van der Waals surface area contributed by atoms with Gasteiger partial charge in [0.2, 0.25) is 0 Å². The fourth-order valence-corrected chi connectivity index (χ4v) is 4.03. The van der Waals surface area contributed by atoms with Crippen molar-refractivity contribution >= 4 is 16.5 Å². The smallest absolute Gasteiger partial charge is 0.0743 e. The molecule has 0 fully saturated rings. The van der Waals surface area contributed by atoms with Crippen molar-refractivity contribution in [3.63, 3.8) is 0 Å².